The number of carbonyl (C=O) groups excluding carboxylic acids is 6. The maximum atomic E-state index is 11.6. The first-order valence-electron chi connectivity index (χ1n) is 13.6. The summed E-state index contributed by atoms with van der Waals surface area (Å²) in [6.45, 7) is 3.41. The number of rotatable bonds is 17. The van der Waals surface area contributed by atoms with Crippen molar-refractivity contribution in [1.82, 2.24) is 21.3 Å². The summed E-state index contributed by atoms with van der Waals surface area (Å²) < 4.78 is 0. The molecule has 11 N–H and O–H groups in total. The number of hydrogen-bond acceptors (Lipinski definition) is 11. The number of carboxylic acids is 3. The molecular formula is C27H42N6O12. The van der Waals surface area contributed by atoms with Crippen LogP contribution in [0, 0.1) is 0 Å². The topological polar surface area (TPSA) is 314 Å². The first kappa shape index (κ1) is 44.1. The normalized spacial score (nSPS) is 10.4. The standard InChI is InChI=1S/C14H19N3O5.C11H23N3O3.2CO2/c15-10-3-1-9(2-4-10)7-8-16-14(22)17-11(13(20)21)5-6-12(18)19;1-9(5-6-10(15)16)14-11(17)13-8-4-2-3-7-12;2*2-1-3/h1-4,11H,5-8,15H2,(H,18,19)(H,20,21)(H2,16,17,22);9H,2-8,12H2,1H3,(H,15,16)(H2,13,14,17);;/t11-;9-;;/m01../s1. The summed E-state index contributed by atoms with van der Waals surface area (Å²) >= 11 is 0. The number of nitrogen functional groups attached to an aromatic ring is 1. The van der Waals surface area contributed by atoms with Crippen molar-refractivity contribution in [2.75, 3.05) is 25.4 Å². The lowest BCUT2D eigenvalue weighted by molar-refractivity contribution is -0.193. The predicted molar refractivity (Wildman–Crippen MR) is 155 cm³/mol. The molecule has 0 spiro atoms. The number of amides is 4. The lowest BCUT2D eigenvalue weighted by Crippen LogP contribution is -2.46. The smallest absolute Gasteiger partial charge is 0.373 e. The van der Waals surface area contributed by atoms with E-state index >= 15 is 0 Å². The number of carboxylic acid groups (broad SMARTS) is 3. The van der Waals surface area contributed by atoms with E-state index in [-0.39, 0.29) is 43.6 Å². The van der Waals surface area contributed by atoms with Gasteiger partial charge in [0, 0.05) is 37.7 Å². The Morgan fingerprint density at radius 3 is 1.73 bits per heavy atom. The van der Waals surface area contributed by atoms with Gasteiger partial charge in [-0.15, -0.1) is 0 Å². The van der Waals surface area contributed by atoms with E-state index in [1.54, 1.807) is 19.1 Å². The van der Waals surface area contributed by atoms with Crippen LogP contribution >= 0.6 is 0 Å². The molecule has 0 aliphatic carbocycles. The third-order valence-corrected chi connectivity index (χ3v) is 5.26. The molecule has 2 atom stereocenters. The van der Waals surface area contributed by atoms with Crippen LogP contribution in [-0.4, -0.2) is 89.3 Å². The maximum Gasteiger partial charge on any atom is 0.373 e. The average molecular weight is 643 g/mol. The first-order valence-corrected chi connectivity index (χ1v) is 13.6. The summed E-state index contributed by atoms with van der Waals surface area (Å²) in [5.41, 5.74) is 12.5. The molecule has 0 bridgehead atoms. The van der Waals surface area contributed by atoms with Gasteiger partial charge in [0.05, 0.1) is 0 Å². The summed E-state index contributed by atoms with van der Waals surface area (Å²) in [4.78, 5) is 87.1. The van der Waals surface area contributed by atoms with Crippen molar-refractivity contribution in [2.24, 2.45) is 5.73 Å². The van der Waals surface area contributed by atoms with Gasteiger partial charge >= 0.3 is 42.3 Å². The van der Waals surface area contributed by atoms with Crippen molar-refractivity contribution in [3.8, 4) is 0 Å². The van der Waals surface area contributed by atoms with Crippen LogP contribution in [0.5, 0.6) is 0 Å². The van der Waals surface area contributed by atoms with E-state index in [2.05, 4.69) is 21.3 Å². The highest BCUT2D eigenvalue weighted by Crippen LogP contribution is 2.05. The Balaban J connectivity index is -0.000000682. The van der Waals surface area contributed by atoms with Crippen LogP contribution in [-0.2, 0) is 40.0 Å². The van der Waals surface area contributed by atoms with Gasteiger partial charge in [-0.05, 0) is 63.3 Å². The molecule has 0 aromatic heterocycles. The van der Waals surface area contributed by atoms with Gasteiger partial charge < -0.3 is 48.1 Å². The fourth-order valence-corrected chi connectivity index (χ4v) is 3.07. The molecule has 0 fully saturated rings. The molecule has 18 nitrogen and oxygen atoms in total. The SMILES string of the molecule is C[C@H](CCC(=O)O)NC(=O)NCCCCCN.Nc1ccc(CCNC(=O)N[C@@H](CCC(=O)O)C(=O)O)cc1.O=C=O.O=C=O. The van der Waals surface area contributed by atoms with Crippen LogP contribution in [0.25, 0.3) is 0 Å². The molecule has 0 radical (unpaired) electrons. The molecule has 0 aliphatic heterocycles. The zero-order chi connectivity index (χ0) is 35.0. The highest BCUT2D eigenvalue weighted by molar-refractivity contribution is 5.83. The van der Waals surface area contributed by atoms with Crippen LogP contribution in [0.1, 0.15) is 57.4 Å². The summed E-state index contributed by atoms with van der Waals surface area (Å²) in [7, 11) is 0. The van der Waals surface area contributed by atoms with E-state index < -0.39 is 30.0 Å². The molecule has 0 saturated heterocycles. The Kier molecular flexibility index (Phi) is 29.6. The minimum atomic E-state index is -1.27. The van der Waals surface area contributed by atoms with Crippen LogP contribution in [0.2, 0.25) is 0 Å². The Morgan fingerprint density at radius 1 is 0.756 bits per heavy atom. The summed E-state index contributed by atoms with van der Waals surface area (Å²) in [6.07, 6.45) is 3.96. The second-order valence-electron chi connectivity index (χ2n) is 8.96. The first-order chi connectivity index (χ1) is 21.3. The monoisotopic (exact) mass is 642 g/mol. The van der Waals surface area contributed by atoms with Crippen molar-refractivity contribution >= 4 is 48.0 Å². The highest BCUT2D eigenvalue weighted by Gasteiger charge is 2.20. The van der Waals surface area contributed by atoms with Gasteiger partial charge in [0.1, 0.15) is 6.04 Å². The summed E-state index contributed by atoms with van der Waals surface area (Å²) in [5.74, 6) is -3.23. The minimum Gasteiger partial charge on any atom is -0.481 e. The van der Waals surface area contributed by atoms with Gasteiger partial charge in [0.15, 0.2) is 0 Å². The predicted octanol–water partition coefficient (Wildman–Crippen LogP) is -0.0706. The quantitative estimate of drug-likeness (QED) is 0.0793. The van der Waals surface area contributed by atoms with Gasteiger partial charge in [0.25, 0.3) is 0 Å². The van der Waals surface area contributed by atoms with E-state index in [0.29, 0.717) is 38.2 Å². The lowest BCUT2D eigenvalue weighted by atomic mass is 10.1. The number of aliphatic carboxylic acids is 3. The summed E-state index contributed by atoms with van der Waals surface area (Å²) in [5, 5.41) is 36.1. The number of carbonyl (C=O) groups is 5. The largest absolute Gasteiger partial charge is 0.481 e. The molecule has 0 heterocycles. The summed E-state index contributed by atoms with van der Waals surface area (Å²) in [6, 6.07) is 4.93. The van der Waals surface area contributed by atoms with E-state index in [9.17, 15) is 24.0 Å². The van der Waals surface area contributed by atoms with Crippen LogP contribution in [0.3, 0.4) is 0 Å². The fourth-order valence-electron chi connectivity index (χ4n) is 3.07. The number of hydrogen-bond donors (Lipinski definition) is 9. The molecule has 4 amide bonds. The molecule has 1 aromatic rings. The van der Waals surface area contributed by atoms with E-state index in [1.165, 1.54) is 0 Å². The molecule has 252 valence electrons. The molecule has 0 saturated carbocycles. The van der Waals surface area contributed by atoms with Gasteiger partial charge in [-0.25, -0.2) is 14.4 Å². The van der Waals surface area contributed by atoms with Gasteiger partial charge in [0.2, 0.25) is 0 Å². The third kappa shape index (κ3) is 33.1. The number of nitrogens with one attached hydrogen (secondary N) is 4. The lowest BCUT2D eigenvalue weighted by Gasteiger charge is -2.14. The minimum absolute atomic E-state index is 0.0674. The second kappa shape index (κ2) is 30.2. The number of nitrogens with two attached hydrogens (primary N) is 2. The van der Waals surface area contributed by atoms with Gasteiger partial charge in [-0.3, -0.25) is 9.59 Å². The van der Waals surface area contributed by atoms with Crippen LogP contribution in [0.4, 0.5) is 15.3 Å². The molecule has 0 unspecified atom stereocenters. The van der Waals surface area contributed by atoms with Gasteiger partial charge in [-0.2, -0.15) is 19.2 Å². The third-order valence-electron chi connectivity index (χ3n) is 5.26. The van der Waals surface area contributed by atoms with Crippen molar-refractivity contribution in [1.29, 1.82) is 0 Å². The fraction of sp³-hybridized carbons (Fsp3) is 0.519. The number of urea groups is 2. The van der Waals surface area contributed by atoms with Crippen molar-refractivity contribution in [2.45, 2.75) is 70.4 Å². The molecule has 18 heteroatoms. The zero-order valence-corrected chi connectivity index (χ0v) is 24.9. The molecule has 1 aromatic carbocycles. The van der Waals surface area contributed by atoms with Crippen LogP contribution < -0.4 is 32.7 Å². The molecular weight excluding hydrogens is 600 g/mol. The second-order valence-corrected chi connectivity index (χ2v) is 8.96. The van der Waals surface area contributed by atoms with Crippen molar-refractivity contribution < 1.29 is 58.5 Å². The van der Waals surface area contributed by atoms with Crippen molar-refractivity contribution in [3.63, 3.8) is 0 Å². The Bertz CT molecular complexity index is 1060. The van der Waals surface area contributed by atoms with E-state index in [1.807, 2.05) is 12.1 Å². The van der Waals surface area contributed by atoms with E-state index in [4.69, 9.17) is 46.0 Å². The number of anilines is 1. The van der Waals surface area contributed by atoms with Crippen LogP contribution in [0.15, 0.2) is 24.3 Å². The Hall–Kier alpha value is -5.31. The van der Waals surface area contributed by atoms with E-state index in [0.717, 1.165) is 24.8 Å². The Morgan fingerprint density at radius 2 is 1.24 bits per heavy atom. The zero-order valence-electron chi connectivity index (χ0n) is 24.9. The maximum absolute atomic E-state index is 11.6. The number of benzene rings is 1. The van der Waals surface area contributed by atoms with Crippen molar-refractivity contribution in [3.05, 3.63) is 29.8 Å². The molecule has 45 heavy (non-hydrogen) atoms. The molecule has 1 rings (SSSR count). The highest BCUT2D eigenvalue weighted by atomic mass is 16.4. The van der Waals surface area contributed by atoms with Gasteiger partial charge in [-0.1, -0.05) is 18.6 Å². The Labute approximate surface area is 259 Å². The number of unbranched alkanes of at least 4 members (excludes halogenated alkanes) is 2. The molecule has 0 aliphatic rings. The average Bonchev–Trinajstić information content (AvgIpc) is 2.96.